The molecule has 0 bridgehead atoms. The van der Waals surface area contributed by atoms with Gasteiger partial charge < -0.3 is 4.57 Å². The highest BCUT2D eigenvalue weighted by atomic mass is 35.5. The summed E-state index contributed by atoms with van der Waals surface area (Å²) in [5, 5.41) is 6.53. The van der Waals surface area contributed by atoms with Crippen LogP contribution < -0.4 is 5.43 Å². The molecule has 4 aromatic rings. The highest BCUT2D eigenvalue weighted by Crippen LogP contribution is 2.26. The van der Waals surface area contributed by atoms with Crippen molar-refractivity contribution in [3.8, 4) is 0 Å². The topological polar surface area (TPSA) is 59.3 Å². The minimum absolute atomic E-state index is 0.169. The number of hydrogen-bond acceptors (Lipinski definition) is 4. The number of rotatable bonds is 7. The highest BCUT2D eigenvalue weighted by Gasteiger charge is 2.13. The van der Waals surface area contributed by atoms with Gasteiger partial charge in [0.15, 0.2) is 5.16 Å². The second kappa shape index (κ2) is 10.6. The Morgan fingerprint density at radius 1 is 1.03 bits per heavy atom. The molecule has 0 aliphatic carbocycles. The van der Waals surface area contributed by atoms with Crippen molar-refractivity contribution in [1.29, 1.82) is 0 Å². The third-order valence-electron chi connectivity index (χ3n) is 4.89. The van der Waals surface area contributed by atoms with Gasteiger partial charge in [-0.3, -0.25) is 4.79 Å². The van der Waals surface area contributed by atoms with E-state index in [4.69, 9.17) is 39.8 Å². The normalized spacial score (nSPS) is 11.7. The molecule has 5 nitrogen and oxygen atoms in total. The Balaban J connectivity index is 1.46. The first-order chi connectivity index (χ1) is 15.9. The molecule has 4 rings (SSSR count). The zero-order chi connectivity index (χ0) is 23.4. The van der Waals surface area contributed by atoms with E-state index in [2.05, 4.69) is 15.1 Å². The van der Waals surface area contributed by atoms with Crippen molar-refractivity contribution in [2.24, 2.45) is 5.10 Å². The third-order valence-corrected chi connectivity index (χ3v) is 6.86. The Morgan fingerprint density at radius 3 is 2.55 bits per heavy atom. The number of para-hydroxylation sites is 2. The van der Waals surface area contributed by atoms with E-state index in [1.807, 2.05) is 48.5 Å². The van der Waals surface area contributed by atoms with Crippen molar-refractivity contribution in [2.75, 3.05) is 5.75 Å². The lowest BCUT2D eigenvalue weighted by Crippen LogP contribution is -2.21. The Morgan fingerprint density at radius 2 is 1.79 bits per heavy atom. The Kier molecular flexibility index (Phi) is 7.60. The summed E-state index contributed by atoms with van der Waals surface area (Å²) in [6.45, 7) is 2.41. The fourth-order valence-corrected chi connectivity index (χ4v) is 4.41. The summed E-state index contributed by atoms with van der Waals surface area (Å²) in [6.07, 6.45) is 0. The maximum Gasteiger partial charge on any atom is 0.250 e. The zero-order valence-electron chi connectivity index (χ0n) is 17.6. The van der Waals surface area contributed by atoms with Gasteiger partial charge in [0.25, 0.3) is 5.91 Å². The first-order valence-electron chi connectivity index (χ1n) is 10.0. The van der Waals surface area contributed by atoms with Crippen LogP contribution in [0, 0.1) is 0 Å². The fourth-order valence-electron chi connectivity index (χ4n) is 3.18. The molecular formula is C24H19Cl3N4OS. The predicted octanol–water partition coefficient (Wildman–Crippen LogP) is 6.68. The van der Waals surface area contributed by atoms with E-state index in [0.717, 1.165) is 27.3 Å². The van der Waals surface area contributed by atoms with E-state index in [-0.39, 0.29) is 11.7 Å². The van der Waals surface area contributed by atoms with Crippen LogP contribution in [0.4, 0.5) is 0 Å². The summed E-state index contributed by atoms with van der Waals surface area (Å²) in [7, 11) is 0. The molecule has 33 heavy (non-hydrogen) atoms. The van der Waals surface area contributed by atoms with Crippen molar-refractivity contribution in [3.63, 3.8) is 0 Å². The summed E-state index contributed by atoms with van der Waals surface area (Å²) < 4.78 is 2.10. The van der Waals surface area contributed by atoms with Crippen LogP contribution in [0.25, 0.3) is 11.0 Å². The first-order valence-corrected chi connectivity index (χ1v) is 12.1. The average molecular weight is 518 g/mol. The van der Waals surface area contributed by atoms with Crippen molar-refractivity contribution in [1.82, 2.24) is 15.0 Å². The lowest BCUT2D eigenvalue weighted by atomic mass is 10.1. The standard InChI is InChI=1S/C24H19Cl3N4OS/c1-15(17-8-11-19(26)20(27)12-17)29-30-23(32)14-33-24-28-21-4-2-3-5-22(21)31(24)13-16-6-9-18(25)10-7-16/h2-12H,13-14H2,1H3,(H,30,32)/b29-15+. The molecule has 0 saturated heterocycles. The number of benzene rings is 3. The van der Waals surface area contributed by atoms with Crippen molar-refractivity contribution in [3.05, 3.63) is 92.9 Å². The van der Waals surface area contributed by atoms with Gasteiger partial charge in [0.05, 0.1) is 39.1 Å². The Labute approximate surface area is 210 Å². The van der Waals surface area contributed by atoms with Gasteiger partial charge in [0.1, 0.15) is 0 Å². The van der Waals surface area contributed by atoms with Crippen LogP contribution in [0.2, 0.25) is 15.1 Å². The average Bonchev–Trinajstić information content (AvgIpc) is 3.16. The molecule has 0 unspecified atom stereocenters. The SMILES string of the molecule is C/C(=N\NC(=O)CSc1nc2ccccc2n1Cc1ccc(Cl)cc1)c1ccc(Cl)c(Cl)c1. The number of thioether (sulfide) groups is 1. The number of nitrogens with one attached hydrogen (secondary N) is 1. The number of halogens is 3. The van der Waals surface area contributed by atoms with Crippen molar-refractivity contribution in [2.45, 2.75) is 18.6 Å². The number of hydrogen-bond donors (Lipinski definition) is 1. The molecule has 1 amide bonds. The molecule has 9 heteroatoms. The molecule has 0 radical (unpaired) electrons. The molecule has 0 spiro atoms. The number of imidazole rings is 1. The number of carbonyl (C=O) groups excluding carboxylic acids is 1. The van der Waals surface area contributed by atoms with Crippen LogP contribution in [-0.4, -0.2) is 26.9 Å². The minimum Gasteiger partial charge on any atom is -0.314 e. The van der Waals surface area contributed by atoms with Gasteiger partial charge in [-0.25, -0.2) is 10.4 Å². The molecule has 0 aliphatic heterocycles. The number of aromatic nitrogens is 2. The van der Waals surface area contributed by atoms with Gasteiger partial charge in [-0.1, -0.05) is 76.9 Å². The van der Waals surface area contributed by atoms with E-state index in [0.29, 0.717) is 27.3 Å². The van der Waals surface area contributed by atoms with Crippen LogP contribution >= 0.6 is 46.6 Å². The van der Waals surface area contributed by atoms with Gasteiger partial charge >= 0.3 is 0 Å². The van der Waals surface area contributed by atoms with Crippen LogP contribution in [0.3, 0.4) is 0 Å². The maximum absolute atomic E-state index is 12.5. The van der Waals surface area contributed by atoms with Gasteiger partial charge in [0, 0.05) is 5.02 Å². The fraction of sp³-hybridized carbons (Fsp3) is 0.125. The number of amides is 1. The van der Waals surface area contributed by atoms with E-state index in [1.54, 1.807) is 25.1 Å². The third kappa shape index (κ3) is 5.89. The second-order valence-electron chi connectivity index (χ2n) is 7.25. The number of nitrogens with zero attached hydrogens (tertiary/aromatic N) is 3. The first kappa shape index (κ1) is 23.6. The van der Waals surface area contributed by atoms with Crippen molar-refractivity contribution >= 4 is 69.2 Å². The zero-order valence-corrected chi connectivity index (χ0v) is 20.6. The molecule has 168 valence electrons. The molecule has 3 aromatic carbocycles. The monoisotopic (exact) mass is 516 g/mol. The number of fused-ring (bicyclic) bond motifs is 1. The van der Waals surface area contributed by atoms with Crippen LogP contribution in [0.15, 0.2) is 77.0 Å². The molecule has 0 saturated carbocycles. The van der Waals surface area contributed by atoms with Gasteiger partial charge in [-0.2, -0.15) is 5.10 Å². The molecular weight excluding hydrogens is 499 g/mol. The molecule has 1 N–H and O–H groups in total. The largest absolute Gasteiger partial charge is 0.314 e. The minimum atomic E-state index is -0.232. The molecule has 0 atom stereocenters. The quantitative estimate of drug-likeness (QED) is 0.169. The van der Waals surface area contributed by atoms with E-state index < -0.39 is 0 Å². The van der Waals surface area contributed by atoms with Crippen molar-refractivity contribution < 1.29 is 4.79 Å². The summed E-state index contributed by atoms with van der Waals surface area (Å²) in [5.41, 5.74) is 6.98. The summed E-state index contributed by atoms with van der Waals surface area (Å²) in [5.74, 6) is -0.0632. The summed E-state index contributed by atoms with van der Waals surface area (Å²) >= 11 is 19.4. The predicted molar refractivity (Wildman–Crippen MR) is 138 cm³/mol. The lowest BCUT2D eigenvalue weighted by molar-refractivity contribution is -0.118. The van der Waals surface area contributed by atoms with Crippen LogP contribution in [-0.2, 0) is 11.3 Å². The Bertz CT molecular complexity index is 1340. The van der Waals surface area contributed by atoms with E-state index in [1.165, 1.54) is 11.8 Å². The van der Waals surface area contributed by atoms with Crippen LogP contribution in [0.5, 0.6) is 0 Å². The second-order valence-corrected chi connectivity index (χ2v) is 9.44. The molecule has 1 heterocycles. The van der Waals surface area contributed by atoms with Gasteiger partial charge in [-0.05, 0) is 54.4 Å². The molecule has 1 aromatic heterocycles. The Hall–Kier alpha value is -2.51. The summed E-state index contributed by atoms with van der Waals surface area (Å²) in [6, 6.07) is 20.8. The van der Waals surface area contributed by atoms with E-state index in [9.17, 15) is 4.79 Å². The number of carbonyl (C=O) groups is 1. The summed E-state index contributed by atoms with van der Waals surface area (Å²) in [4.78, 5) is 17.2. The smallest absolute Gasteiger partial charge is 0.250 e. The highest BCUT2D eigenvalue weighted by molar-refractivity contribution is 7.99. The van der Waals surface area contributed by atoms with Gasteiger partial charge in [-0.15, -0.1) is 0 Å². The lowest BCUT2D eigenvalue weighted by Gasteiger charge is -2.09. The molecule has 0 fully saturated rings. The van der Waals surface area contributed by atoms with Crippen LogP contribution in [0.1, 0.15) is 18.1 Å². The van der Waals surface area contributed by atoms with E-state index >= 15 is 0 Å². The molecule has 0 aliphatic rings. The number of hydrazone groups is 1. The van der Waals surface area contributed by atoms with Gasteiger partial charge in [0.2, 0.25) is 0 Å². The maximum atomic E-state index is 12.5.